The molecule has 3 nitrogen and oxygen atoms in total. The molecule has 0 saturated heterocycles. The van der Waals surface area contributed by atoms with E-state index in [0.29, 0.717) is 5.84 Å². The van der Waals surface area contributed by atoms with E-state index in [1.54, 1.807) is 11.3 Å². The average Bonchev–Trinajstić information content (AvgIpc) is 3.16. The molecule has 1 heterocycles. The number of amidine groups is 1. The Morgan fingerprint density at radius 3 is 2.38 bits per heavy atom. The zero-order chi connectivity index (χ0) is 16.6. The molecule has 3 rings (SSSR count). The normalized spacial score (nSPS) is 10.5. The van der Waals surface area contributed by atoms with Crippen LogP contribution in [0.4, 0.5) is 5.69 Å². The molecule has 0 atom stereocenters. The highest BCUT2D eigenvalue weighted by Gasteiger charge is 2.02. The summed E-state index contributed by atoms with van der Waals surface area (Å²) in [4.78, 5) is 0.946. The van der Waals surface area contributed by atoms with Crippen LogP contribution in [0.15, 0.2) is 72.1 Å². The predicted molar refractivity (Wildman–Crippen MR) is 103 cm³/mol. The van der Waals surface area contributed by atoms with E-state index in [9.17, 15) is 0 Å². The summed E-state index contributed by atoms with van der Waals surface area (Å²) in [6.07, 6.45) is 1.04. The fourth-order valence-corrected chi connectivity index (χ4v) is 3.07. The fraction of sp³-hybridized carbons (Fsp3) is 0.150. The molecule has 122 valence electrons. The lowest BCUT2D eigenvalue weighted by molar-refractivity contribution is 0.687. The van der Waals surface area contributed by atoms with Crippen molar-refractivity contribution in [1.82, 2.24) is 5.32 Å². The molecule has 0 aliphatic rings. The van der Waals surface area contributed by atoms with Gasteiger partial charge in [-0.15, -0.1) is 11.3 Å². The summed E-state index contributed by atoms with van der Waals surface area (Å²) < 4.78 is 0. The van der Waals surface area contributed by atoms with Gasteiger partial charge >= 0.3 is 0 Å². The van der Waals surface area contributed by atoms with Crippen molar-refractivity contribution in [3.63, 3.8) is 0 Å². The van der Waals surface area contributed by atoms with Crippen molar-refractivity contribution in [2.45, 2.75) is 13.0 Å². The highest BCUT2D eigenvalue weighted by molar-refractivity contribution is 7.12. The molecule has 1 aromatic heterocycles. The van der Waals surface area contributed by atoms with Crippen molar-refractivity contribution in [2.75, 3.05) is 11.9 Å². The standard InChI is InChI=1S/C20H21N3S/c21-20(19-7-4-14-24-19)23-18-10-8-17(9-11-18)15-22-13-12-16-5-2-1-3-6-16/h1-11,14,22H,12-13,15H2,(H2,21,23). The third-order valence-electron chi connectivity index (χ3n) is 3.75. The van der Waals surface area contributed by atoms with Crippen LogP contribution < -0.4 is 10.6 Å². The van der Waals surface area contributed by atoms with Gasteiger partial charge in [-0.2, -0.15) is 0 Å². The molecule has 24 heavy (non-hydrogen) atoms. The lowest BCUT2D eigenvalue weighted by atomic mass is 10.1. The molecule has 0 saturated carbocycles. The largest absolute Gasteiger partial charge is 0.340 e. The van der Waals surface area contributed by atoms with E-state index in [-0.39, 0.29) is 0 Å². The van der Waals surface area contributed by atoms with Crippen molar-refractivity contribution in [3.8, 4) is 0 Å². The second kappa shape index (κ2) is 8.43. The van der Waals surface area contributed by atoms with Crippen molar-refractivity contribution in [1.29, 1.82) is 5.41 Å². The molecule has 0 aliphatic heterocycles. The van der Waals surface area contributed by atoms with Crippen LogP contribution in [0.25, 0.3) is 0 Å². The first-order chi connectivity index (χ1) is 11.8. The number of benzene rings is 2. The monoisotopic (exact) mass is 335 g/mol. The van der Waals surface area contributed by atoms with Gasteiger partial charge in [-0.3, -0.25) is 5.41 Å². The van der Waals surface area contributed by atoms with Gasteiger partial charge in [-0.25, -0.2) is 0 Å². The van der Waals surface area contributed by atoms with Gasteiger partial charge in [-0.1, -0.05) is 48.5 Å². The molecular weight excluding hydrogens is 314 g/mol. The van der Waals surface area contributed by atoms with Crippen LogP contribution in [0.2, 0.25) is 0 Å². The fourth-order valence-electron chi connectivity index (χ4n) is 2.44. The van der Waals surface area contributed by atoms with Gasteiger partial charge in [0.25, 0.3) is 0 Å². The van der Waals surface area contributed by atoms with Gasteiger partial charge < -0.3 is 10.6 Å². The highest BCUT2D eigenvalue weighted by Crippen LogP contribution is 2.14. The van der Waals surface area contributed by atoms with Crippen LogP contribution >= 0.6 is 11.3 Å². The minimum atomic E-state index is 0.443. The lowest BCUT2D eigenvalue weighted by Crippen LogP contribution is -2.16. The first-order valence-electron chi connectivity index (χ1n) is 8.04. The maximum absolute atomic E-state index is 8.04. The van der Waals surface area contributed by atoms with Gasteiger partial charge in [-0.05, 0) is 47.7 Å². The maximum Gasteiger partial charge on any atom is 0.140 e. The van der Waals surface area contributed by atoms with Gasteiger partial charge in [0.2, 0.25) is 0 Å². The minimum Gasteiger partial charge on any atom is -0.340 e. The third kappa shape index (κ3) is 4.78. The topological polar surface area (TPSA) is 47.9 Å². The molecule has 0 radical (unpaired) electrons. The molecule has 2 aromatic carbocycles. The number of hydrogen-bond donors (Lipinski definition) is 3. The van der Waals surface area contributed by atoms with Crippen LogP contribution in [0.5, 0.6) is 0 Å². The van der Waals surface area contributed by atoms with Gasteiger partial charge in [0.15, 0.2) is 0 Å². The number of anilines is 1. The second-order valence-corrected chi connectivity index (χ2v) is 6.53. The van der Waals surface area contributed by atoms with E-state index in [4.69, 9.17) is 5.41 Å². The Morgan fingerprint density at radius 1 is 0.875 bits per heavy atom. The molecule has 0 aliphatic carbocycles. The molecule has 0 bridgehead atoms. The summed E-state index contributed by atoms with van der Waals surface area (Å²) in [5, 5.41) is 16.6. The molecule has 4 heteroatoms. The van der Waals surface area contributed by atoms with Crippen LogP contribution in [-0.4, -0.2) is 12.4 Å². The summed E-state index contributed by atoms with van der Waals surface area (Å²) >= 11 is 1.57. The van der Waals surface area contributed by atoms with Crippen LogP contribution in [0.1, 0.15) is 16.0 Å². The molecular formula is C20H21N3S. The minimum absolute atomic E-state index is 0.443. The average molecular weight is 335 g/mol. The molecule has 0 spiro atoms. The second-order valence-electron chi connectivity index (χ2n) is 5.59. The van der Waals surface area contributed by atoms with Crippen LogP contribution in [0, 0.1) is 5.41 Å². The molecule has 0 amide bonds. The molecule has 3 aromatic rings. The van der Waals surface area contributed by atoms with E-state index in [0.717, 1.165) is 30.1 Å². The van der Waals surface area contributed by atoms with Crippen molar-refractivity contribution >= 4 is 22.9 Å². The van der Waals surface area contributed by atoms with Gasteiger partial charge in [0.05, 0.1) is 4.88 Å². The molecule has 0 unspecified atom stereocenters. The Balaban J connectivity index is 1.44. The zero-order valence-electron chi connectivity index (χ0n) is 13.5. The number of hydrogen-bond acceptors (Lipinski definition) is 3. The van der Waals surface area contributed by atoms with E-state index < -0.39 is 0 Å². The van der Waals surface area contributed by atoms with Crippen molar-refractivity contribution in [2.24, 2.45) is 0 Å². The predicted octanol–water partition coefficient (Wildman–Crippen LogP) is 4.52. The van der Waals surface area contributed by atoms with Crippen LogP contribution in [0.3, 0.4) is 0 Å². The number of thiophene rings is 1. The SMILES string of the molecule is N=C(Nc1ccc(CNCCc2ccccc2)cc1)c1cccs1. The summed E-state index contributed by atoms with van der Waals surface area (Å²) in [5.74, 6) is 0.443. The lowest BCUT2D eigenvalue weighted by Gasteiger charge is -2.08. The number of rotatable bonds is 7. The Labute approximate surface area is 146 Å². The van der Waals surface area contributed by atoms with Gasteiger partial charge in [0, 0.05) is 12.2 Å². The summed E-state index contributed by atoms with van der Waals surface area (Å²) in [7, 11) is 0. The first-order valence-corrected chi connectivity index (χ1v) is 8.92. The van der Waals surface area contributed by atoms with Gasteiger partial charge in [0.1, 0.15) is 5.84 Å². The smallest absolute Gasteiger partial charge is 0.140 e. The summed E-state index contributed by atoms with van der Waals surface area (Å²) in [6.45, 7) is 1.82. The number of nitrogens with one attached hydrogen (secondary N) is 3. The third-order valence-corrected chi connectivity index (χ3v) is 4.64. The molecule has 0 fully saturated rings. The first kappa shape index (κ1) is 16.4. The van der Waals surface area contributed by atoms with E-state index >= 15 is 0 Å². The Bertz CT molecular complexity index is 749. The Morgan fingerprint density at radius 2 is 1.67 bits per heavy atom. The van der Waals surface area contributed by atoms with Crippen molar-refractivity contribution < 1.29 is 0 Å². The summed E-state index contributed by atoms with van der Waals surface area (Å²) in [5.41, 5.74) is 3.55. The van der Waals surface area contributed by atoms with Crippen LogP contribution in [-0.2, 0) is 13.0 Å². The Hall–Kier alpha value is -2.43. The zero-order valence-corrected chi connectivity index (χ0v) is 14.3. The van der Waals surface area contributed by atoms with Crippen molar-refractivity contribution in [3.05, 3.63) is 88.1 Å². The molecule has 3 N–H and O–H groups in total. The maximum atomic E-state index is 8.04. The van der Waals surface area contributed by atoms with E-state index in [1.807, 2.05) is 35.7 Å². The van der Waals surface area contributed by atoms with E-state index in [1.165, 1.54) is 11.1 Å². The quantitative estimate of drug-likeness (QED) is 0.338. The highest BCUT2D eigenvalue weighted by atomic mass is 32.1. The summed E-state index contributed by atoms with van der Waals surface area (Å²) in [6, 6.07) is 22.7. The Kier molecular flexibility index (Phi) is 5.77. The van der Waals surface area contributed by atoms with E-state index in [2.05, 4.69) is 47.0 Å².